The average molecular weight is 326 g/mol. The van der Waals surface area contributed by atoms with Crippen molar-refractivity contribution in [3.05, 3.63) is 16.5 Å². The van der Waals surface area contributed by atoms with Crippen LogP contribution in [0.4, 0.5) is 0 Å². The molecule has 0 bridgehead atoms. The number of sulfonamides is 1. The molecule has 0 aliphatic carbocycles. The zero-order valence-corrected chi connectivity index (χ0v) is 12.1. The lowest BCUT2D eigenvalue weighted by atomic mass is 10.5. The Bertz CT molecular complexity index is 470. The Morgan fingerprint density at radius 2 is 2.18 bits per heavy atom. The molecular formula is C9H16BrN3O3S. The van der Waals surface area contributed by atoms with Crippen LogP contribution in [0.2, 0.25) is 0 Å². The van der Waals surface area contributed by atoms with E-state index in [2.05, 4.69) is 20.7 Å². The van der Waals surface area contributed by atoms with Gasteiger partial charge in [-0.2, -0.15) is 0 Å². The number of nitrogens with zero attached hydrogens (tertiary/aromatic N) is 1. The smallest absolute Gasteiger partial charge is 0.245 e. The number of likely N-dealkylation sites (N-methyl/N-ethyl adjacent to an activating group) is 1. The van der Waals surface area contributed by atoms with Crippen molar-refractivity contribution in [2.75, 3.05) is 27.2 Å². The van der Waals surface area contributed by atoms with Gasteiger partial charge in [0.05, 0.1) is 6.54 Å². The average Bonchev–Trinajstić information content (AvgIpc) is 2.59. The van der Waals surface area contributed by atoms with Gasteiger partial charge in [0.1, 0.15) is 10.7 Å². The Kier molecular flexibility index (Phi) is 5.14. The van der Waals surface area contributed by atoms with Crippen molar-refractivity contribution in [2.24, 2.45) is 5.73 Å². The van der Waals surface area contributed by atoms with Crippen LogP contribution in [0.15, 0.2) is 20.0 Å². The minimum atomic E-state index is -3.55. The molecule has 3 N–H and O–H groups in total. The first-order valence-corrected chi connectivity index (χ1v) is 7.27. The van der Waals surface area contributed by atoms with Crippen molar-refractivity contribution in [3.63, 3.8) is 0 Å². The lowest BCUT2D eigenvalue weighted by Crippen LogP contribution is -2.31. The number of hydrogen-bond acceptors (Lipinski definition) is 5. The van der Waals surface area contributed by atoms with E-state index in [1.807, 2.05) is 19.0 Å². The lowest BCUT2D eigenvalue weighted by Gasteiger charge is -2.10. The summed E-state index contributed by atoms with van der Waals surface area (Å²) < 4.78 is 31.6. The van der Waals surface area contributed by atoms with Crippen LogP contribution in [0.25, 0.3) is 0 Å². The van der Waals surface area contributed by atoms with Gasteiger partial charge < -0.3 is 15.1 Å². The van der Waals surface area contributed by atoms with Crippen LogP contribution in [-0.4, -0.2) is 40.5 Å². The monoisotopic (exact) mass is 325 g/mol. The van der Waals surface area contributed by atoms with Gasteiger partial charge in [-0.1, -0.05) is 0 Å². The van der Waals surface area contributed by atoms with Crippen LogP contribution in [0.3, 0.4) is 0 Å². The van der Waals surface area contributed by atoms with Gasteiger partial charge in [-0.25, -0.2) is 13.1 Å². The van der Waals surface area contributed by atoms with Crippen LogP contribution in [0.1, 0.15) is 5.76 Å². The maximum atomic E-state index is 11.9. The topological polar surface area (TPSA) is 88.6 Å². The molecule has 98 valence electrons. The standard InChI is InChI=1S/C9H16BrN3O3S/c1-13(2)4-3-12-17(14,15)8-5-7(6-11)16-9(8)10/h5,12H,3-4,6,11H2,1-2H3. The predicted octanol–water partition coefficient (Wildman–Crippen LogP) is 0.341. The second-order valence-corrected chi connectivity index (χ2v) is 6.21. The molecule has 0 aliphatic rings. The molecule has 0 atom stereocenters. The number of halogens is 1. The SMILES string of the molecule is CN(C)CCNS(=O)(=O)c1cc(CN)oc1Br. The fourth-order valence-corrected chi connectivity index (χ4v) is 3.18. The van der Waals surface area contributed by atoms with Crippen LogP contribution in [0.5, 0.6) is 0 Å². The van der Waals surface area contributed by atoms with Crippen LogP contribution < -0.4 is 10.5 Å². The van der Waals surface area contributed by atoms with Crippen molar-refractivity contribution >= 4 is 26.0 Å². The summed E-state index contributed by atoms with van der Waals surface area (Å²) in [5.74, 6) is 0.421. The van der Waals surface area contributed by atoms with Crippen molar-refractivity contribution < 1.29 is 12.8 Å². The van der Waals surface area contributed by atoms with Crippen LogP contribution in [-0.2, 0) is 16.6 Å². The maximum Gasteiger partial charge on any atom is 0.245 e. The first kappa shape index (κ1) is 14.7. The minimum absolute atomic E-state index is 0.0803. The third-order valence-corrected chi connectivity index (χ3v) is 4.37. The summed E-state index contributed by atoms with van der Waals surface area (Å²) in [5.41, 5.74) is 5.38. The quantitative estimate of drug-likeness (QED) is 0.787. The van der Waals surface area contributed by atoms with E-state index in [1.54, 1.807) is 0 Å². The van der Waals surface area contributed by atoms with Crippen LogP contribution >= 0.6 is 15.9 Å². The molecule has 1 heterocycles. The molecule has 0 saturated heterocycles. The highest BCUT2D eigenvalue weighted by Gasteiger charge is 2.21. The minimum Gasteiger partial charge on any atom is -0.452 e. The molecule has 0 saturated carbocycles. The van der Waals surface area contributed by atoms with Gasteiger partial charge in [-0.3, -0.25) is 0 Å². The molecule has 0 fully saturated rings. The molecule has 17 heavy (non-hydrogen) atoms. The fraction of sp³-hybridized carbons (Fsp3) is 0.556. The third-order valence-electron chi connectivity index (χ3n) is 2.05. The van der Waals surface area contributed by atoms with E-state index >= 15 is 0 Å². The Balaban J connectivity index is 2.78. The largest absolute Gasteiger partial charge is 0.452 e. The zero-order valence-electron chi connectivity index (χ0n) is 9.73. The summed E-state index contributed by atoms with van der Waals surface area (Å²) in [7, 11) is 0.191. The molecule has 0 amide bonds. The molecule has 1 aromatic rings. The Morgan fingerprint density at radius 3 is 2.65 bits per heavy atom. The van der Waals surface area contributed by atoms with Gasteiger partial charge >= 0.3 is 0 Å². The first-order chi connectivity index (χ1) is 7.86. The Morgan fingerprint density at radius 1 is 1.53 bits per heavy atom. The summed E-state index contributed by atoms with van der Waals surface area (Å²) in [6.45, 7) is 1.12. The molecule has 0 aliphatic heterocycles. The summed E-state index contributed by atoms with van der Waals surface area (Å²) >= 11 is 3.06. The molecule has 0 aromatic carbocycles. The highest BCUT2D eigenvalue weighted by atomic mass is 79.9. The van der Waals surface area contributed by atoms with Gasteiger partial charge in [0.2, 0.25) is 10.0 Å². The Labute approximate surface area is 109 Å². The van der Waals surface area contributed by atoms with Gasteiger partial charge in [0, 0.05) is 19.2 Å². The third kappa shape index (κ3) is 4.07. The van der Waals surface area contributed by atoms with Crippen molar-refractivity contribution in [2.45, 2.75) is 11.4 Å². The highest BCUT2D eigenvalue weighted by molar-refractivity contribution is 9.10. The molecule has 8 heteroatoms. The van der Waals surface area contributed by atoms with E-state index in [1.165, 1.54) is 6.07 Å². The zero-order chi connectivity index (χ0) is 13.1. The predicted molar refractivity (Wildman–Crippen MR) is 68.0 cm³/mol. The lowest BCUT2D eigenvalue weighted by molar-refractivity contribution is 0.412. The van der Waals surface area contributed by atoms with E-state index in [0.29, 0.717) is 18.8 Å². The number of nitrogens with one attached hydrogen (secondary N) is 1. The van der Waals surface area contributed by atoms with E-state index < -0.39 is 10.0 Å². The summed E-state index contributed by atoms with van der Waals surface area (Å²) in [5, 5.41) is 0. The van der Waals surface area contributed by atoms with Gasteiger partial charge in [-0.05, 0) is 30.0 Å². The van der Waals surface area contributed by atoms with E-state index in [0.717, 1.165) is 0 Å². The summed E-state index contributed by atoms with van der Waals surface area (Å²) in [6.07, 6.45) is 0. The second-order valence-electron chi connectivity index (χ2n) is 3.76. The summed E-state index contributed by atoms with van der Waals surface area (Å²) in [4.78, 5) is 1.97. The molecule has 0 spiro atoms. The van der Waals surface area contributed by atoms with Crippen LogP contribution in [0, 0.1) is 0 Å². The molecule has 0 radical (unpaired) electrons. The number of hydrogen-bond donors (Lipinski definition) is 2. The molecule has 1 aromatic heterocycles. The van der Waals surface area contributed by atoms with Crippen molar-refractivity contribution in [1.82, 2.24) is 9.62 Å². The van der Waals surface area contributed by atoms with Gasteiger partial charge in [0.25, 0.3) is 0 Å². The molecule has 1 rings (SSSR count). The Hall–Kier alpha value is -0.410. The number of furan rings is 1. The van der Waals surface area contributed by atoms with Gasteiger partial charge in [0.15, 0.2) is 4.67 Å². The van der Waals surface area contributed by atoms with E-state index in [4.69, 9.17) is 10.2 Å². The number of nitrogens with two attached hydrogens (primary N) is 1. The van der Waals surface area contributed by atoms with Crippen molar-refractivity contribution in [1.29, 1.82) is 0 Å². The van der Waals surface area contributed by atoms with E-state index in [-0.39, 0.29) is 16.1 Å². The summed E-state index contributed by atoms with van der Waals surface area (Å²) in [6, 6.07) is 1.42. The second kappa shape index (κ2) is 5.96. The normalized spacial score (nSPS) is 12.3. The van der Waals surface area contributed by atoms with E-state index in [9.17, 15) is 8.42 Å². The van der Waals surface area contributed by atoms with Crippen molar-refractivity contribution in [3.8, 4) is 0 Å². The number of rotatable bonds is 6. The molecule has 6 nitrogen and oxygen atoms in total. The highest BCUT2D eigenvalue weighted by Crippen LogP contribution is 2.25. The fourth-order valence-electron chi connectivity index (χ4n) is 1.16. The maximum absolute atomic E-state index is 11.9. The first-order valence-electron chi connectivity index (χ1n) is 4.99. The molecule has 0 unspecified atom stereocenters. The van der Waals surface area contributed by atoms with Gasteiger partial charge in [-0.15, -0.1) is 0 Å². The molecular weight excluding hydrogens is 310 g/mol.